The Morgan fingerprint density at radius 3 is 2.55 bits per heavy atom. The first kappa shape index (κ1) is 21.7. The number of benzene rings is 1. The Morgan fingerprint density at radius 2 is 1.90 bits per heavy atom. The molecule has 0 aliphatic heterocycles. The minimum Gasteiger partial charge on any atom is -0.370 e. The number of nitrogens with one attached hydrogen (secondary N) is 4. The van der Waals surface area contributed by atoms with E-state index in [0.717, 1.165) is 11.6 Å². The molecule has 3 amide bonds. The van der Waals surface area contributed by atoms with Gasteiger partial charge in [-0.05, 0) is 36.8 Å². The van der Waals surface area contributed by atoms with Gasteiger partial charge in [-0.3, -0.25) is 9.78 Å². The van der Waals surface area contributed by atoms with Crippen LogP contribution < -0.4 is 21.3 Å². The molecular weight excluding hydrogens is 399 g/mol. The molecule has 0 atom stereocenters. The number of pyridine rings is 2. The highest BCUT2D eigenvalue weighted by Gasteiger charge is 2.17. The largest absolute Gasteiger partial charge is 0.370 e. The number of carbonyl (C=O) groups is 2. The van der Waals surface area contributed by atoms with E-state index in [9.17, 15) is 14.0 Å². The second-order valence-electron chi connectivity index (χ2n) is 6.57. The molecule has 0 radical (unpaired) electrons. The van der Waals surface area contributed by atoms with Crippen LogP contribution in [-0.4, -0.2) is 35.5 Å². The third-order valence-electron chi connectivity index (χ3n) is 4.38. The van der Waals surface area contributed by atoms with Gasteiger partial charge < -0.3 is 21.3 Å². The van der Waals surface area contributed by atoms with Crippen molar-refractivity contribution in [3.63, 3.8) is 0 Å². The van der Waals surface area contributed by atoms with Crippen LogP contribution in [0.2, 0.25) is 0 Å². The van der Waals surface area contributed by atoms with E-state index in [1.165, 1.54) is 7.05 Å². The van der Waals surface area contributed by atoms with Gasteiger partial charge in [0.05, 0.1) is 5.56 Å². The molecule has 0 saturated heterocycles. The highest BCUT2D eigenvalue weighted by Crippen LogP contribution is 2.26. The van der Waals surface area contributed by atoms with Gasteiger partial charge in [0.15, 0.2) is 0 Å². The Hall–Kier alpha value is -4.01. The number of hydrogen-bond acceptors (Lipinski definition) is 5. The van der Waals surface area contributed by atoms with Crippen LogP contribution in [-0.2, 0) is 6.54 Å². The number of amides is 3. The third-order valence-corrected chi connectivity index (χ3v) is 4.38. The van der Waals surface area contributed by atoms with E-state index < -0.39 is 11.7 Å². The molecule has 160 valence electrons. The molecule has 0 bridgehead atoms. The van der Waals surface area contributed by atoms with Crippen LogP contribution in [0, 0.1) is 5.82 Å². The van der Waals surface area contributed by atoms with E-state index in [1.807, 2.05) is 13.0 Å². The topological polar surface area (TPSA) is 108 Å². The number of urea groups is 1. The normalized spacial score (nSPS) is 10.3. The van der Waals surface area contributed by atoms with Gasteiger partial charge in [0.2, 0.25) is 0 Å². The second-order valence-corrected chi connectivity index (χ2v) is 6.57. The molecule has 0 spiro atoms. The summed E-state index contributed by atoms with van der Waals surface area (Å²) in [6, 6.07) is 11.1. The quantitative estimate of drug-likeness (QED) is 0.467. The molecular formula is C22H23FN6O2. The molecule has 4 N–H and O–H groups in total. The Morgan fingerprint density at radius 1 is 1.13 bits per heavy atom. The maximum absolute atomic E-state index is 14.7. The first-order valence-corrected chi connectivity index (χ1v) is 9.72. The minimum absolute atomic E-state index is 0.108. The molecule has 0 aliphatic rings. The van der Waals surface area contributed by atoms with E-state index in [1.54, 1.807) is 42.7 Å². The number of halogens is 1. The average Bonchev–Trinajstić information content (AvgIpc) is 2.79. The molecule has 2 heterocycles. The predicted octanol–water partition coefficient (Wildman–Crippen LogP) is 3.40. The Labute approximate surface area is 179 Å². The van der Waals surface area contributed by atoms with Crippen LogP contribution in [0.25, 0.3) is 11.3 Å². The Bertz CT molecular complexity index is 1060. The molecule has 31 heavy (non-hydrogen) atoms. The van der Waals surface area contributed by atoms with E-state index in [-0.39, 0.29) is 17.3 Å². The summed E-state index contributed by atoms with van der Waals surface area (Å²) in [5.74, 6) is -0.740. The monoisotopic (exact) mass is 422 g/mol. The minimum atomic E-state index is -0.616. The predicted molar refractivity (Wildman–Crippen MR) is 117 cm³/mol. The zero-order valence-electron chi connectivity index (χ0n) is 17.2. The smallest absolute Gasteiger partial charge is 0.319 e. The van der Waals surface area contributed by atoms with E-state index in [4.69, 9.17) is 0 Å². The molecule has 1 aromatic carbocycles. The number of anilines is 2. The first-order chi connectivity index (χ1) is 15.0. The van der Waals surface area contributed by atoms with E-state index in [0.29, 0.717) is 30.2 Å². The van der Waals surface area contributed by atoms with Crippen molar-refractivity contribution in [2.24, 2.45) is 0 Å². The van der Waals surface area contributed by atoms with Gasteiger partial charge in [0.1, 0.15) is 17.3 Å². The summed E-state index contributed by atoms with van der Waals surface area (Å²) in [6.07, 6.45) is 3.34. The maximum atomic E-state index is 14.7. The number of aromatic nitrogens is 2. The molecule has 3 aromatic rings. The molecule has 3 rings (SSSR count). The van der Waals surface area contributed by atoms with Crippen LogP contribution in [0.4, 0.5) is 20.7 Å². The number of carbonyl (C=O) groups excluding carboxylic acids is 2. The summed E-state index contributed by atoms with van der Waals surface area (Å²) in [5, 5.41) is 10.9. The highest BCUT2D eigenvalue weighted by molar-refractivity contribution is 5.99. The second kappa shape index (κ2) is 10.1. The lowest BCUT2D eigenvalue weighted by Crippen LogP contribution is -2.28. The summed E-state index contributed by atoms with van der Waals surface area (Å²) in [4.78, 5) is 32.4. The van der Waals surface area contributed by atoms with Crippen molar-refractivity contribution in [2.75, 3.05) is 24.2 Å². The lowest BCUT2D eigenvalue weighted by atomic mass is 10.1. The van der Waals surface area contributed by atoms with E-state index in [2.05, 4.69) is 31.2 Å². The van der Waals surface area contributed by atoms with Crippen LogP contribution in [0.1, 0.15) is 22.8 Å². The highest BCUT2D eigenvalue weighted by atomic mass is 19.1. The Balaban J connectivity index is 1.72. The summed E-state index contributed by atoms with van der Waals surface area (Å²) in [5.41, 5.74) is 2.18. The van der Waals surface area contributed by atoms with Gasteiger partial charge in [0.25, 0.3) is 5.91 Å². The SMILES string of the molecule is CCNc1nc(-c2ccc(NC(=O)NCc3cccnc3)cc2)c(F)cc1C(=O)NC. The fraction of sp³-hybridized carbons (Fsp3) is 0.182. The number of rotatable bonds is 7. The number of hydrogen-bond donors (Lipinski definition) is 4. The lowest BCUT2D eigenvalue weighted by Gasteiger charge is -2.13. The van der Waals surface area contributed by atoms with Gasteiger partial charge in [-0.2, -0.15) is 0 Å². The molecule has 9 heteroatoms. The average molecular weight is 422 g/mol. The zero-order chi connectivity index (χ0) is 22.2. The third kappa shape index (κ3) is 5.53. The van der Waals surface area contributed by atoms with Crippen molar-refractivity contribution in [1.82, 2.24) is 20.6 Å². The standard InChI is InChI=1S/C22H23FN6O2/c1-3-26-20-17(21(30)24-2)11-18(23)19(29-20)15-6-8-16(9-7-15)28-22(31)27-13-14-5-4-10-25-12-14/h4-12H,3,13H2,1-2H3,(H,24,30)(H,26,29)(H2,27,28,31). The van der Waals surface area contributed by atoms with Crippen LogP contribution in [0.5, 0.6) is 0 Å². The lowest BCUT2D eigenvalue weighted by molar-refractivity contribution is 0.0963. The molecule has 0 unspecified atom stereocenters. The van der Waals surface area contributed by atoms with Crippen molar-refractivity contribution in [1.29, 1.82) is 0 Å². The van der Waals surface area contributed by atoms with Crippen molar-refractivity contribution >= 4 is 23.4 Å². The zero-order valence-corrected chi connectivity index (χ0v) is 17.2. The fourth-order valence-corrected chi connectivity index (χ4v) is 2.87. The molecule has 0 aliphatic carbocycles. The van der Waals surface area contributed by atoms with Crippen LogP contribution >= 0.6 is 0 Å². The van der Waals surface area contributed by atoms with Crippen molar-refractivity contribution in [3.8, 4) is 11.3 Å². The summed E-state index contributed by atoms with van der Waals surface area (Å²) in [7, 11) is 1.47. The molecule has 0 saturated carbocycles. The van der Waals surface area contributed by atoms with E-state index >= 15 is 0 Å². The van der Waals surface area contributed by atoms with Gasteiger partial charge in [0, 0.05) is 43.8 Å². The molecule has 0 fully saturated rings. The molecule has 2 aromatic heterocycles. The Kier molecular flexibility index (Phi) is 7.10. The van der Waals surface area contributed by atoms with Crippen LogP contribution in [0.3, 0.4) is 0 Å². The van der Waals surface area contributed by atoms with Gasteiger partial charge in [-0.1, -0.05) is 18.2 Å². The molecule has 8 nitrogen and oxygen atoms in total. The first-order valence-electron chi connectivity index (χ1n) is 9.72. The number of nitrogens with zero attached hydrogens (tertiary/aromatic N) is 2. The van der Waals surface area contributed by atoms with Crippen molar-refractivity contribution in [3.05, 3.63) is 71.8 Å². The van der Waals surface area contributed by atoms with Gasteiger partial charge in [-0.15, -0.1) is 0 Å². The summed E-state index contributed by atoms with van der Waals surface area (Å²) < 4.78 is 14.7. The van der Waals surface area contributed by atoms with Gasteiger partial charge in [-0.25, -0.2) is 14.2 Å². The summed E-state index contributed by atoms with van der Waals surface area (Å²) >= 11 is 0. The maximum Gasteiger partial charge on any atom is 0.319 e. The van der Waals surface area contributed by atoms with Gasteiger partial charge >= 0.3 is 6.03 Å². The van der Waals surface area contributed by atoms with Crippen LogP contribution in [0.15, 0.2) is 54.9 Å². The fourth-order valence-electron chi connectivity index (χ4n) is 2.87. The van der Waals surface area contributed by atoms with Crippen molar-refractivity contribution < 1.29 is 14.0 Å². The summed E-state index contributed by atoms with van der Waals surface area (Å²) in [6.45, 7) is 2.73. The van der Waals surface area contributed by atoms with Crippen molar-refractivity contribution in [2.45, 2.75) is 13.5 Å².